The van der Waals surface area contributed by atoms with Gasteiger partial charge < -0.3 is 10.6 Å². The number of benzene rings is 1. The normalized spacial score (nSPS) is 18.6. The van der Waals surface area contributed by atoms with Gasteiger partial charge in [-0.3, -0.25) is 4.79 Å². The van der Waals surface area contributed by atoms with Crippen LogP contribution in [0.2, 0.25) is 0 Å². The van der Waals surface area contributed by atoms with Crippen LogP contribution in [0.3, 0.4) is 0 Å². The number of carbonyl (C=O) groups is 1. The summed E-state index contributed by atoms with van der Waals surface area (Å²) >= 11 is 0. The molecule has 1 atom stereocenters. The summed E-state index contributed by atoms with van der Waals surface area (Å²) in [5, 5.41) is 0. The Morgan fingerprint density at radius 2 is 1.91 bits per heavy atom. The Kier molecular flexibility index (Phi) is 6.91. The number of amides is 1. The lowest BCUT2D eigenvalue weighted by Gasteiger charge is -2.30. The Labute approximate surface area is 140 Å². The van der Waals surface area contributed by atoms with Crippen molar-refractivity contribution >= 4 is 28.2 Å². The summed E-state index contributed by atoms with van der Waals surface area (Å²) in [4.78, 5) is 13.4. The molecule has 0 spiro atoms. The summed E-state index contributed by atoms with van der Waals surface area (Å²) in [6.07, 6.45) is 1.85. The highest BCUT2D eigenvalue weighted by molar-refractivity contribution is 7.91. The first-order valence-corrected chi connectivity index (χ1v) is 8.49. The summed E-state index contributed by atoms with van der Waals surface area (Å²) in [5.41, 5.74) is 6.40. The Morgan fingerprint density at radius 1 is 1.30 bits per heavy atom. The third-order valence-electron chi connectivity index (χ3n) is 3.65. The van der Waals surface area contributed by atoms with Crippen molar-refractivity contribution in [1.29, 1.82) is 0 Å². The molecule has 130 valence electrons. The van der Waals surface area contributed by atoms with Gasteiger partial charge >= 0.3 is 5.76 Å². The molecule has 1 aromatic carbocycles. The van der Waals surface area contributed by atoms with Gasteiger partial charge in [0.25, 0.3) is 0 Å². The van der Waals surface area contributed by atoms with E-state index in [-0.39, 0.29) is 30.8 Å². The number of carbonyl (C=O) groups excluding carboxylic acids is 1. The van der Waals surface area contributed by atoms with Crippen LogP contribution in [-0.4, -0.2) is 44.1 Å². The molecule has 1 aromatic rings. The average molecular weight is 369 g/mol. The van der Waals surface area contributed by atoms with Crippen molar-refractivity contribution in [2.45, 2.75) is 36.0 Å². The van der Waals surface area contributed by atoms with E-state index in [1.807, 2.05) is 0 Å². The fourth-order valence-corrected chi connectivity index (χ4v) is 3.14. The van der Waals surface area contributed by atoms with Gasteiger partial charge in [0.2, 0.25) is 15.7 Å². The zero-order valence-electron chi connectivity index (χ0n) is 12.3. The number of nitrogens with zero attached hydrogens (tertiary/aromatic N) is 1. The molecule has 5 nitrogen and oxygen atoms in total. The molecule has 1 heterocycles. The minimum Gasteiger partial charge on any atom is -0.341 e. The Hall–Kier alpha value is -1.25. The van der Waals surface area contributed by atoms with Gasteiger partial charge in [-0.2, -0.15) is 8.78 Å². The number of nitrogens with two attached hydrogens (primary N) is 1. The van der Waals surface area contributed by atoms with E-state index in [0.717, 1.165) is 25.0 Å². The van der Waals surface area contributed by atoms with E-state index in [0.29, 0.717) is 18.7 Å². The molecule has 0 aliphatic carbocycles. The number of hydrogen-bond donors (Lipinski definition) is 1. The number of rotatable bonds is 4. The van der Waals surface area contributed by atoms with E-state index in [1.54, 1.807) is 4.90 Å². The second-order valence-electron chi connectivity index (χ2n) is 5.37. The third kappa shape index (κ3) is 4.86. The molecule has 2 N–H and O–H groups in total. The fourth-order valence-electron chi connectivity index (χ4n) is 2.42. The second kappa shape index (κ2) is 8.03. The molecule has 9 heteroatoms. The van der Waals surface area contributed by atoms with Crippen LogP contribution in [0, 0.1) is 0 Å². The highest BCUT2D eigenvalue weighted by Gasteiger charge is 2.26. The zero-order valence-corrected chi connectivity index (χ0v) is 14.0. The van der Waals surface area contributed by atoms with Gasteiger partial charge in [0.1, 0.15) is 0 Å². The molecule has 1 fully saturated rings. The second-order valence-corrected chi connectivity index (χ2v) is 7.29. The molecular weight excluding hydrogens is 350 g/mol. The van der Waals surface area contributed by atoms with E-state index >= 15 is 0 Å². The molecular formula is C14H19ClF2N2O3S. The predicted octanol–water partition coefficient (Wildman–Crippen LogP) is 1.60. The maximum absolute atomic E-state index is 12.4. The van der Waals surface area contributed by atoms with Gasteiger partial charge in [-0.1, -0.05) is 12.1 Å². The van der Waals surface area contributed by atoms with Crippen LogP contribution in [0.15, 0.2) is 29.2 Å². The lowest BCUT2D eigenvalue weighted by molar-refractivity contribution is -0.131. The van der Waals surface area contributed by atoms with E-state index in [9.17, 15) is 22.0 Å². The number of sulfone groups is 1. The molecule has 1 aliphatic rings. The molecule has 1 amide bonds. The maximum Gasteiger partial charge on any atom is 0.341 e. The van der Waals surface area contributed by atoms with Crippen LogP contribution in [0.25, 0.3) is 0 Å². The van der Waals surface area contributed by atoms with Gasteiger partial charge in [-0.25, -0.2) is 8.42 Å². The number of alkyl halides is 2. The van der Waals surface area contributed by atoms with Crippen LogP contribution in [0.4, 0.5) is 8.78 Å². The summed E-state index contributed by atoms with van der Waals surface area (Å²) in [6, 6.07) is 4.96. The SMILES string of the molecule is Cl.NC1CCCN(C(=O)Cc2ccc(S(=O)(=O)C(F)F)cc2)C1. The van der Waals surface area contributed by atoms with E-state index in [1.165, 1.54) is 12.1 Å². The van der Waals surface area contributed by atoms with Crippen LogP contribution >= 0.6 is 12.4 Å². The Balaban J connectivity index is 0.00000264. The minimum atomic E-state index is -4.60. The van der Waals surface area contributed by atoms with Gasteiger partial charge in [0.15, 0.2) is 0 Å². The van der Waals surface area contributed by atoms with E-state index < -0.39 is 20.5 Å². The first-order valence-electron chi connectivity index (χ1n) is 6.95. The molecule has 2 rings (SSSR count). The number of hydrogen-bond acceptors (Lipinski definition) is 4. The lowest BCUT2D eigenvalue weighted by atomic mass is 10.1. The van der Waals surface area contributed by atoms with Crippen molar-refractivity contribution in [3.63, 3.8) is 0 Å². The number of piperidine rings is 1. The van der Waals surface area contributed by atoms with Crippen molar-refractivity contribution in [2.24, 2.45) is 5.73 Å². The fraction of sp³-hybridized carbons (Fsp3) is 0.500. The molecule has 1 aliphatic heterocycles. The quantitative estimate of drug-likeness (QED) is 0.875. The molecule has 1 saturated heterocycles. The largest absolute Gasteiger partial charge is 0.341 e. The van der Waals surface area contributed by atoms with Gasteiger partial charge in [0, 0.05) is 19.1 Å². The highest BCUT2D eigenvalue weighted by atomic mass is 35.5. The van der Waals surface area contributed by atoms with Crippen molar-refractivity contribution < 1.29 is 22.0 Å². The predicted molar refractivity (Wildman–Crippen MR) is 84.4 cm³/mol. The van der Waals surface area contributed by atoms with Crippen LogP contribution in [0.5, 0.6) is 0 Å². The Morgan fingerprint density at radius 3 is 2.43 bits per heavy atom. The third-order valence-corrected chi connectivity index (χ3v) is 5.05. The van der Waals surface area contributed by atoms with Crippen LogP contribution in [-0.2, 0) is 21.1 Å². The van der Waals surface area contributed by atoms with Gasteiger partial charge in [-0.05, 0) is 30.5 Å². The van der Waals surface area contributed by atoms with Crippen molar-refractivity contribution in [3.05, 3.63) is 29.8 Å². The summed E-state index contributed by atoms with van der Waals surface area (Å²) in [5.74, 6) is -3.55. The van der Waals surface area contributed by atoms with Gasteiger partial charge in [-0.15, -0.1) is 12.4 Å². The smallest absolute Gasteiger partial charge is 0.341 e. The summed E-state index contributed by atoms with van der Waals surface area (Å²) < 4.78 is 47.5. The number of likely N-dealkylation sites (tertiary alicyclic amines) is 1. The highest BCUT2D eigenvalue weighted by Crippen LogP contribution is 2.19. The molecule has 0 aromatic heterocycles. The van der Waals surface area contributed by atoms with Crippen molar-refractivity contribution in [1.82, 2.24) is 4.90 Å². The van der Waals surface area contributed by atoms with Crippen molar-refractivity contribution in [3.8, 4) is 0 Å². The average Bonchev–Trinajstić information content (AvgIpc) is 2.47. The standard InChI is InChI=1S/C14H18F2N2O3S.ClH/c15-14(16)22(20,21)12-5-3-10(4-6-12)8-13(19)18-7-1-2-11(17)9-18;/h3-6,11,14H,1-2,7-9,17H2;1H. The van der Waals surface area contributed by atoms with Crippen LogP contribution in [0.1, 0.15) is 18.4 Å². The van der Waals surface area contributed by atoms with E-state index in [4.69, 9.17) is 5.73 Å². The monoisotopic (exact) mass is 368 g/mol. The first kappa shape index (κ1) is 19.8. The summed E-state index contributed by atoms with van der Waals surface area (Å²) in [7, 11) is -4.60. The lowest BCUT2D eigenvalue weighted by Crippen LogP contribution is -2.46. The van der Waals surface area contributed by atoms with Gasteiger partial charge in [0.05, 0.1) is 11.3 Å². The minimum absolute atomic E-state index is 0. The Bertz CT molecular complexity index is 638. The zero-order chi connectivity index (χ0) is 16.3. The molecule has 23 heavy (non-hydrogen) atoms. The molecule has 0 bridgehead atoms. The first-order chi connectivity index (χ1) is 10.3. The van der Waals surface area contributed by atoms with Crippen LogP contribution < -0.4 is 5.73 Å². The molecule has 0 radical (unpaired) electrons. The molecule has 0 saturated carbocycles. The topological polar surface area (TPSA) is 80.5 Å². The van der Waals surface area contributed by atoms with Crippen molar-refractivity contribution in [2.75, 3.05) is 13.1 Å². The van der Waals surface area contributed by atoms with E-state index in [2.05, 4.69) is 0 Å². The summed E-state index contributed by atoms with van der Waals surface area (Å²) in [6.45, 7) is 1.17. The number of halogens is 3. The maximum atomic E-state index is 12.4. The molecule has 1 unspecified atom stereocenters.